The lowest BCUT2D eigenvalue weighted by atomic mass is 10.1. The van der Waals surface area contributed by atoms with Crippen molar-refractivity contribution >= 4 is 43.8 Å². The van der Waals surface area contributed by atoms with Crippen LogP contribution in [0.1, 0.15) is 21.6 Å². The normalized spacial score (nSPS) is 10.8. The van der Waals surface area contributed by atoms with Crippen molar-refractivity contribution in [1.82, 2.24) is 4.98 Å². The molecule has 3 aromatic rings. The van der Waals surface area contributed by atoms with Gasteiger partial charge in [-0.1, -0.05) is 40.2 Å². The number of thiazole rings is 1. The average molecular weight is 362 g/mol. The summed E-state index contributed by atoms with van der Waals surface area (Å²) in [6, 6.07) is 11.8. The molecule has 0 amide bonds. The minimum atomic E-state index is -0.0305. The van der Waals surface area contributed by atoms with Gasteiger partial charge in [0.15, 0.2) is 5.78 Å². The lowest BCUT2D eigenvalue weighted by Gasteiger charge is -2.09. The van der Waals surface area contributed by atoms with E-state index in [9.17, 15) is 4.79 Å². The zero-order chi connectivity index (χ0) is 15.0. The monoisotopic (exact) mass is 361 g/mol. The summed E-state index contributed by atoms with van der Waals surface area (Å²) in [7, 11) is 0. The molecule has 0 saturated heterocycles. The number of hydrogen-bond donors (Lipinski definition) is 0. The van der Waals surface area contributed by atoms with Crippen LogP contribution in [-0.2, 0) is 0 Å². The predicted molar refractivity (Wildman–Crippen MR) is 88.6 cm³/mol. The molecule has 0 spiro atoms. The maximum atomic E-state index is 11.7. The molecule has 106 valence electrons. The number of ketones is 1. The van der Waals surface area contributed by atoms with Crippen molar-refractivity contribution in [3.63, 3.8) is 0 Å². The number of benzene rings is 2. The van der Waals surface area contributed by atoms with Crippen molar-refractivity contribution < 1.29 is 9.53 Å². The number of carbonyl (C=O) groups excluding carboxylic acids is 1. The van der Waals surface area contributed by atoms with Crippen LogP contribution in [0, 0.1) is 6.92 Å². The van der Waals surface area contributed by atoms with E-state index in [1.807, 2.05) is 43.3 Å². The highest BCUT2D eigenvalue weighted by atomic mass is 79.9. The van der Waals surface area contributed by atoms with Crippen LogP contribution in [0.3, 0.4) is 0 Å². The first kappa shape index (κ1) is 14.2. The van der Waals surface area contributed by atoms with Crippen molar-refractivity contribution in [3.8, 4) is 11.6 Å². The van der Waals surface area contributed by atoms with E-state index >= 15 is 0 Å². The van der Waals surface area contributed by atoms with Crippen LogP contribution in [0.25, 0.3) is 10.8 Å². The van der Waals surface area contributed by atoms with Gasteiger partial charge in [-0.15, -0.1) is 11.3 Å². The van der Waals surface area contributed by atoms with Gasteiger partial charge in [-0.05, 0) is 24.4 Å². The largest absolute Gasteiger partial charge is 0.437 e. The quantitative estimate of drug-likeness (QED) is 0.589. The number of halogens is 1. The van der Waals surface area contributed by atoms with E-state index in [2.05, 4.69) is 20.9 Å². The van der Waals surface area contributed by atoms with Crippen LogP contribution >= 0.6 is 27.3 Å². The topological polar surface area (TPSA) is 39.2 Å². The minimum Gasteiger partial charge on any atom is -0.437 e. The number of carbonyl (C=O) groups is 1. The van der Waals surface area contributed by atoms with E-state index in [0.717, 1.165) is 20.3 Å². The first-order valence-corrected chi connectivity index (χ1v) is 8.00. The Balaban J connectivity index is 2.11. The third kappa shape index (κ3) is 2.71. The van der Waals surface area contributed by atoms with Crippen LogP contribution in [-0.4, -0.2) is 10.8 Å². The Kier molecular flexibility index (Phi) is 3.78. The van der Waals surface area contributed by atoms with Gasteiger partial charge in [0.1, 0.15) is 10.6 Å². The smallest absolute Gasteiger partial charge is 0.241 e. The summed E-state index contributed by atoms with van der Waals surface area (Å²) < 4.78 is 6.92. The number of ether oxygens (including phenoxy) is 1. The molecule has 0 atom stereocenters. The van der Waals surface area contributed by atoms with Gasteiger partial charge in [0.2, 0.25) is 5.88 Å². The second-order valence-corrected chi connectivity index (χ2v) is 6.67. The second kappa shape index (κ2) is 5.58. The second-order valence-electron chi connectivity index (χ2n) is 4.62. The van der Waals surface area contributed by atoms with Gasteiger partial charge < -0.3 is 4.74 Å². The van der Waals surface area contributed by atoms with Crippen molar-refractivity contribution in [3.05, 3.63) is 50.8 Å². The Morgan fingerprint density at radius 3 is 2.62 bits per heavy atom. The molecule has 0 bridgehead atoms. The third-order valence-electron chi connectivity index (χ3n) is 3.06. The maximum Gasteiger partial charge on any atom is 0.241 e. The zero-order valence-corrected chi connectivity index (χ0v) is 13.9. The Bertz CT molecular complexity index is 841. The Morgan fingerprint density at radius 1 is 1.19 bits per heavy atom. The van der Waals surface area contributed by atoms with Crippen molar-refractivity contribution in [1.29, 1.82) is 0 Å². The fraction of sp³-hybridized carbons (Fsp3) is 0.125. The summed E-state index contributed by atoms with van der Waals surface area (Å²) in [6.07, 6.45) is 0. The highest BCUT2D eigenvalue weighted by Gasteiger charge is 2.16. The molecule has 2 aromatic carbocycles. The molecule has 3 rings (SSSR count). The molecule has 0 unspecified atom stereocenters. The molecule has 0 N–H and O–H groups in total. The van der Waals surface area contributed by atoms with E-state index in [-0.39, 0.29) is 5.78 Å². The molecule has 21 heavy (non-hydrogen) atoms. The van der Waals surface area contributed by atoms with Crippen molar-refractivity contribution in [2.24, 2.45) is 0 Å². The first-order chi connectivity index (χ1) is 10.1. The molecule has 0 radical (unpaired) electrons. The SMILES string of the molecule is CC(=O)c1sc(C)nc1Oc1ccc(Br)c2ccccc12. The predicted octanol–water partition coefficient (Wildman–Crippen LogP) is 5.36. The minimum absolute atomic E-state index is 0.0305. The van der Waals surface area contributed by atoms with E-state index in [1.165, 1.54) is 18.3 Å². The van der Waals surface area contributed by atoms with Crippen LogP contribution in [0.2, 0.25) is 0 Å². The van der Waals surface area contributed by atoms with Gasteiger partial charge in [0, 0.05) is 16.8 Å². The van der Waals surface area contributed by atoms with Gasteiger partial charge in [0.05, 0.1) is 5.01 Å². The molecule has 3 nitrogen and oxygen atoms in total. The summed E-state index contributed by atoms with van der Waals surface area (Å²) in [4.78, 5) is 16.5. The van der Waals surface area contributed by atoms with Crippen LogP contribution in [0.15, 0.2) is 40.9 Å². The van der Waals surface area contributed by atoms with E-state index in [1.54, 1.807) is 0 Å². The molecular weight excluding hydrogens is 350 g/mol. The van der Waals surface area contributed by atoms with E-state index in [4.69, 9.17) is 4.74 Å². The molecule has 0 aliphatic rings. The van der Waals surface area contributed by atoms with Crippen molar-refractivity contribution in [2.45, 2.75) is 13.8 Å². The Morgan fingerprint density at radius 2 is 1.90 bits per heavy atom. The third-order valence-corrected chi connectivity index (χ3v) is 4.80. The highest BCUT2D eigenvalue weighted by Crippen LogP contribution is 2.36. The summed E-state index contributed by atoms with van der Waals surface area (Å²) in [5.74, 6) is 1.05. The summed E-state index contributed by atoms with van der Waals surface area (Å²) >= 11 is 4.89. The molecule has 0 saturated carbocycles. The number of Topliss-reactive ketones (excluding diaryl/α,β-unsaturated/α-hetero) is 1. The fourth-order valence-electron chi connectivity index (χ4n) is 2.13. The van der Waals surface area contributed by atoms with Gasteiger partial charge >= 0.3 is 0 Å². The first-order valence-electron chi connectivity index (χ1n) is 6.39. The lowest BCUT2D eigenvalue weighted by molar-refractivity contribution is 0.101. The van der Waals surface area contributed by atoms with Crippen molar-refractivity contribution in [2.75, 3.05) is 0 Å². The molecule has 0 aliphatic heterocycles. The summed E-state index contributed by atoms with van der Waals surface area (Å²) in [5.41, 5.74) is 0. The fourth-order valence-corrected chi connectivity index (χ4v) is 3.35. The van der Waals surface area contributed by atoms with Gasteiger partial charge in [-0.25, -0.2) is 4.98 Å². The number of aromatic nitrogens is 1. The number of hydrogen-bond acceptors (Lipinski definition) is 4. The van der Waals surface area contributed by atoms with Gasteiger partial charge in [-0.2, -0.15) is 0 Å². The number of aryl methyl sites for hydroxylation is 1. The standard InChI is InChI=1S/C16H12BrNO2S/c1-9(19)15-16(18-10(2)21-15)20-14-8-7-13(17)11-5-3-4-6-12(11)14/h3-8H,1-2H3. The molecular formula is C16H12BrNO2S. The highest BCUT2D eigenvalue weighted by molar-refractivity contribution is 9.10. The Labute approximate surface area is 134 Å². The van der Waals surface area contributed by atoms with Crippen LogP contribution in [0.4, 0.5) is 0 Å². The summed E-state index contributed by atoms with van der Waals surface area (Å²) in [5, 5.41) is 2.86. The van der Waals surface area contributed by atoms with E-state index < -0.39 is 0 Å². The van der Waals surface area contributed by atoms with Crippen LogP contribution < -0.4 is 4.74 Å². The lowest BCUT2D eigenvalue weighted by Crippen LogP contribution is -1.94. The average Bonchev–Trinajstić information content (AvgIpc) is 2.83. The maximum absolute atomic E-state index is 11.7. The molecule has 0 aliphatic carbocycles. The molecule has 1 heterocycles. The Hall–Kier alpha value is -1.72. The number of nitrogens with zero attached hydrogens (tertiary/aromatic N) is 1. The number of fused-ring (bicyclic) bond motifs is 1. The van der Waals surface area contributed by atoms with Crippen LogP contribution in [0.5, 0.6) is 11.6 Å². The zero-order valence-electron chi connectivity index (χ0n) is 11.5. The van der Waals surface area contributed by atoms with Gasteiger partial charge in [-0.3, -0.25) is 4.79 Å². The van der Waals surface area contributed by atoms with Gasteiger partial charge in [0.25, 0.3) is 0 Å². The number of rotatable bonds is 3. The molecule has 0 fully saturated rings. The van der Waals surface area contributed by atoms with E-state index in [0.29, 0.717) is 16.5 Å². The summed E-state index contributed by atoms with van der Waals surface area (Å²) in [6.45, 7) is 3.39. The molecule has 1 aromatic heterocycles. The molecule has 5 heteroatoms.